The van der Waals surface area contributed by atoms with Crippen molar-refractivity contribution in [2.24, 2.45) is 0 Å². The van der Waals surface area contributed by atoms with E-state index in [0.717, 1.165) is 10.0 Å². The van der Waals surface area contributed by atoms with Crippen molar-refractivity contribution >= 4 is 23.8 Å². The van der Waals surface area contributed by atoms with Crippen LogP contribution in [0.3, 0.4) is 0 Å². The van der Waals surface area contributed by atoms with Gasteiger partial charge in [0.15, 0.2) is 11.6 Å². The van der Waals surface area contributed by atoms with E-state index >= 15 is 0 Å². The fourth-order valence-electron chi connectivity index (χ4n) is 2.53. The van der Waals surface area contributed by atoms with Gasteiger partial charge in [0.25, 0.3) is 0 Å². The SMILES string of the molecule is CC(c1cn(S(=O)(=O)O)c([Si](C)(C)C(C)(C)C)n1)c1cccc(F)c1F. The first-order valence-electron chi connectivity index (χ1n) is 8.19. The average Bonchev–Trinajstić information content (AvgIpc) is 2.94. The molecule has 1 aromatic heterocycles. The second-order valence-corrected chi connectivity index (χ2v) is 14.5. The Bertz CT molecular complexity index is 934. The molecule has 1 unspecified atom stereocenters. The van der Waals surface area contributed by atoms with E-state index in [0.29, 0.717) is 0 Å². The highest BCUT2D eigenvalue weighted by atomic mass is 32.2. The molecule has 2 rings (SSSR count). The summed E-state index contributed by atoms with van der Waals surface area (Å²) in [6.45, 7) is 11.5. The van der Waals surface area contributed by atoms with E-state index < -0.39 is 35.9 Å². The van der Waals surface area contributed by atoms with Crippen molar-refractivity contribution in [2.75, 3.05) is 0 Å². The molecular weight excluding hydrogens is 378 g/mol. The second-order valence-electron chi connectivity index (χ2n) is 8.00. The standard InChI is InChI=1S/C17H24F2N2O3SSi/c1-11(12-8-7-9-13(18)15(12)19)14-10-21(25(22,23)24)16(20-14)26(5,6)17(2,3)4/h7-11H,1-6H3,(H,22,23,24). The van der Waals surface area contributed by atoms with Crippen LogP contribution in [0.25, 0.3) is 0 Å². The normalized spacial score (nSPS) is 14.5. The average molecular weight is 403 g/mol. The monoisotopic (exact) mass is 402 g/mol. The van der Waals surface area contributed by atoms with Crippen LogP contribution >= 0.6 is 0 Å². The van der Waals surface area contributed by atoms with Gasteiger partial charge in [0.05, 0.1) is 5.69 Å². The van der Waals surface area contributed by atoms with E-state index in [9.17, 15) is 21.8 Å². The van der Waals surface area contributed by atoms with Crippen LogP contribution in [0.2, 0.25) is 18.1 Å². The third kappa shape index (κ3) is 3.60. The predicted molar refractivity (Wildman–Crippen MR) is 99.9 cm³/mol. The molecule has 0 aliphatic carbocycles. The Morgan fingerprint density at radius 2 is 1.81 bits per heavy atom. The van der Waals surface area contributed by atoms with Crippen LogP contribution < -0.4 is 5.45 Å². The van der Waals surface area contributed by atoms with Crippen molar-refractivity contribution in [3.63, 3.8) is 0 Å². The van der Waals surface area contributed by atoms with Crippen molar-refractivity contribution in [3.05, 3.63) is 47.3 Å². The zero-order valence-corrected chi connectivity index (χ0v) is 17.5. The van der Waals surface area contributed by atoms with Crippen molar-refractivity contribution < 1.29 is 21.8 Å². The van der Waals surface area contributed by atoms with Gasteiger partial charge >= 0.3 is 10.3 Å². The van der Waals surface area contributed by atoms with E-state index in [1.807, 2.05) is 33.9 Å². The fraction of sp³-hybridized carbons (Fsp3) is 0.471. The minimum atomic E-state index is -4.57. The maximum atomic E-state index is 14.1. The third-order valence-corrected chi connectivity index (χ3v) is 11.4. The molecule has 0 radical (unpaired) electrons. The van der Waals surface area contributed by atoms with E-state index in [2.05, 4.69) is 4.98 Å². The molecule has 1 aromatic carbocycles. The largest absolute Gasteiger partial charge is 0.364 e. The summed E-state index contributed by atoms with van der Waals surface area (Å²) in [6, 6.07) is 3.84. The van der Waals surface area contributed by atoms with Gasteiger partial charge in [-0.25, -0.2) is 17.7 Å². The number of halogens is 2. The molecule has 0 bridgehead atoms. The van der Waals surface area contributed by atoms with Crippen LogP contribution in [0.5, 0.6) is 0 Å². The summed E-state index contributed by atoms with van der Waals surface area (Å²) >= 11 is 0. The molecule has 0 fully saturated rings. The van der Waals surface area contributed by atoms with Gasteiger partial charge < -0.3 is 0 Å². The number of hydrogen-bond donors (Lipinski definition) is 1. The van der Waals surface area contributed by atoms with Gasteiger partial charge in [0.1, 0.15) is 13.5 Å². The highest BCUT2D eigenvalue weighted by Crippen LogP contribution is 2.36. The van der Waals surface area contributed by atoms with Crippen LogP contribution in [0.15, 0.2) is 24.4 Å². The first-order chi connectivity index (χ1) is 11.7. The Morgan fingerprint density at radius 1 is 1.23 bits per heavy atom. The molecule has 1 atom stereocenters. The highest BCUT2D eigenvalue weighted by molar-refractivity contribution is 7.84. The summed E-state index contributed by atoms with van der Waals surface area (Å²) in [7, 11) is -7.01. The molecule has 1 heterocycles. The molecule has 0 amide bonds. The summed E-state index contributed by atoms with van der Waals surface area (Å²) in [5.41, 5.74) is 0.602. The number of aromatic nitrogens is 2. The topological polar surface area (TPSA) is 72.2 Å². The Balaban J connectivity index is 2.68. The highest BCUT2D eigenvalue weighted by Gasteiger charge is 2.43. The molecule has 26 heavy (non-hydrogen) atoms. The van der Waals surface area contributed by atoms with E-state index in [1.165, 1.54) is 18.3 Å². The molecule has 2 aromatic rings. The zero-order chi connectivity index (χ0) is 20.1. The number of hydrogen-bond acceptors (Lipinski definition) is 3. The van der Waals surface area contributed by atoms with Crippen molar-refractivity contribution in [2.45, 2.75) is 51.7 Å². The van der Waals surface area contributed by atoms with Crippen molar-refractivity contribution in [3.8, 4) is 0 Å². The van der Waals surface area contributed by atoms with Gasteiger partial charge in [0.2, 0.25) is 0 Å². The van der Waals surface area contributed by atoms with Gasteiger partial charge in [0, 0.05) is 12.1 Å². The van der Waals surface area contributed by atoms with Crippen LogP contribution in [-0.4, -0.2) is 30.0 Å². The number of imidazole rings is 1. The van der Waals surface area contributed by atoms with Gasteiger partial charge in [-0.1, -0.05) is 52.9 Å². The zero-order valence-electron chi connectivity index (χ0n) is 15.7. The van der Waals surface area contributed by atoms with Crippen LogP contribution in [0, 0.1) is 11.6 Å². The maximum Gasteiger partial charge on any atom is 0.364 e. The summed E-state index contributed by atoms with van der Waals surface area (Å²) < 4.78 is 61.9. The Labute approximate surface area is 154 Å². The van der Waals surface area contributed by atoms with Crippen LogP contribution in [-0.2, 0) is 10.3 Å². The summed E-state index contributed by atoms with van der Waals surface area (Å²) in [5.74, 6) is -2.65. The summed E-state index contributed by atoms with van der Waals surface area (Å²) in [5, 5.41) is -0.245. The smallest absolute Gasteiger partial charge is 0.269 e. The minimum absolute atomic E-state index is 0.0757. The molecule has 144 valence electrons. The number of rotatable bonds is 4. The lowest BCUT2D eigenvalue weighted by Gasteiger charge is -2.35. The van der Waals surface area contributed by atoms with Gasteiger partial charge in [-0.15, -0.1) is 0 Å². The third-order valence-electron chi connectivity index (χ3n) is 5.27. The molecule has 0 saturated carbocycles. The Hall–Kier alpha value is -1.58. The number of nitrogens with zero attached hydrogens (tertiary/aromatic N) is 2. The van der Waals surface area contributed by atoms with Gasteiger partial charge in [-0.2, -0.15) is 8.42 Å². The lowest BCUT2D eigenvalue weighted by molar-refractivity contribution is 0.473. The van der Waals surface area contributed by atoms with Crippen molar-refractivity contribution in [1.82, 2.24) is 8.96 Å². The fourth-order valence-corrected chi connectivity index (χ4v) is 5.76. The summed E-state index contributed by atoms with van der Waals surface area (Å²) in [4.78, 5) is 4.46. The quantitative estimate of drug-likeness (QED) is 0.625. The molecule has 1 N–H and O–H groups in total. The second kappa shape index (κ2) is 6.54. The van der Waals surface area contributed by atoms with Crippen LogP contribution in [0.1, 0.15) is 44.9 Å². The minimum Gasteiger partial charge on any atom is -0.269 e. The lowest BCUT2D eigenvalue weighted by atomic mass is 9.98. The molecule has 0 aliphatic heterocycles. The number of benzene rings is 1. The molecule has 0 spiro atoms. The van der Waals surface area contributed by atoms with E-state index in [-0.39, 0.29) is 21.7 Å². The van der Waals surface area contributed by atoms with Gasteiger partial charge in [-0.05, 0) is 16.7 Å². The molecule has 0 aliphatic rings. The molecule has 5 nitrogen and oxygen atoms in total. The predicted octanol–water partition coefficient (Wildman–Crippen LogP) is 3.68. The first-order valence-corrected chi connectivity index (χ1v) is 12.6. The maximum absolute atomic E-state index is 14.1. The molecule has 0 saturated heterocycles. The van der Waals surface area contributed by atoms with Crippen LogP contribution in [0.4, 0.5) is 8.78 Å². The first kappa shape index (κ1) is 20.7. The van der Waals surface area contributed by atoms with E-state index in [1.54, 1.807) is 6.92 Å². The molecular formula is C17H24F2N2O3SSi. The Morgan fingerprint density at radius 3 is 2.31 bits per heavy atom. The Kier molecular flexibility index (Phi) is 5.21. The van der Waals surface area contributed by atoms with Crippen molar-refractivity contribution in [1.29, 1.82) is 0 Å². The summed E-state index contributed by atoms with van der Waals surface area (Å²) in [6.07, 6.45) is 1.19. The van der Waals surface area contributed by atoms with Gasteiger partial charge in [-0.3, -0.25) is 4.55 Å². The molecule has 9 heteroatoms. The van der Waals surface area contributed by atoms with E-state index in [4.69, 9.17) is 0 Å². The lowest BCUT2D eigenvalue weighted by Crippen LogP contribution is -2.54.